The van der Waals surface area contributed by atoms with Gasteiger partial charge in [0, 0.05) is 24.9 Å². The van der Waals surface area contributed by atoms with E-state index in [-0.39, 0.29) is 23.7 Å². The topological polar surface area (TPSA) is 88.5 Å². The Morgan fingerprint density at radius 1 is 1.47 bits per heavy atom. The molecule has 2 N–H and O–H groups in total. The summed E-state index contributed by atoms with van der Waals surface area (Å²) in [4.78, 5) is 26.5. The van der Waals surface area contributed by atoms with Crippen molar-refractivity contribution in [1.82, 2.24) is 10.3 Å². The third-order valence-electron chi connectivity index (χ3n) is 3.29. The van der Waals surface area contributed by atoms with Crippen molar-refractivity contribution in [2.75, 3.05) is 7.11 Å². The highest BCUT2D eigenvalue weighted by atomic mass is 16.5. The summed E-state index contributed by atoms with van der Waals surface area (Å²) in [5, 5.41) is 11.7. The average Bonchev–Trinajstić information content (AvgIpc) is 2.86. The van der Waals surface area contributed by atoms with E-state index in [0.29, 0.717) is 5.56 Å². The number of aromatic carboxylic acids is 1. The van der Waals surface area contributed by atoms with Crippen LogP contribution in [-0.2, 0) is 4.74 Å². The number of nitrogens with one attached hydrogen (secondary N) is 1. The van der Waals surface area contributed by atoms with Crippen molar-refractivity contribution in [3.63, 3.8) is 0 Å². The molecule has 0 spiro atoms. The van der Waals surface area contributed by atoms with E-state index < -0.39 is 5.97 Å². The molecule has 0 radical (unpaired) electrons. The Hall–Kier alpha value is -1.95. The lowest BCUT2D eigenvalue weighted by Gasteiger charge is -2.13. The first-order chi connectivity index (χ1) is 9.10. The number of methoxy groups -OCH3 is 1. The molecule has 6 heteroatoms. The van der Waals surface area contributed by atoms with Crippen LogP contribution in [0.2, 0.25) is 0 Å². The molecule has 1 amide bonds. The van der Waals surface area contributed by atoms with Crippen LogP contribution in [-0.4, -0.2) is 41.2 Å². The third-order valence-corrected chi connectivity index (χ3v) is 3.29. The predicted molar refractivity (Wildman–Crippen MR) is 67.1 cm³/mol. The average molecular weight is 264 g/mol. The van der Waals surface area contributed by atoms with Gasteiger partial charge < -0.3 is 15.2 Å². The first-order valence-corrected chi connectivity index (χ1v) is 6.13. The number of carboxylic acids is 1. The summed E-state index contributed by atoms with van der Waals surface area (Å²) < 4.78 is 5.24. The summed E-state index contributed by atoms with van der Waals surface area (Å²) in [6.45, 7) is 0. The maximum absolute atomic E-state index is 12.0. The van der Waals surface area contributed by atoms with Crippen LogP contribution in [0.1, 0.15) is 40.1 Å². The lowest BCUT2D eigenvalue weighted by atomic mass is 10.2. The monoisotopic (exact) mass is 264 g/mol. The summed E-state index contributed by atoms with van der Waals surface area (Å²) in [5.74, 6) is -1.42. The Morgan fingerprint density at radius 3 is 2.89 bits per heavy atom. The molecule has 2 unspecified atom stereocenters. The smallest absolute Gasteiger partial charge is 0.354 e. The van der Waals surface area contributed by atoms with E-state index in [2.05, 4.69) is 10.3 Å². The summed E-state index contributed by atoms with van der Waals surface area (Å²) in [5.41, 5.74) is 0.183. The van der Waals surface area contributed by atoms with Gasteiger partial charge in [-0.2, -0.15) is 0 Å². The van der Waals surface area contributed by atoms with Gasteiger partial charge in [-0.3, -0.25) is 4.79 Å². The number of aromatic nitrogens is 1. The predicted octanol–water partition coefficient (Wildman–Crippen LogP) is 1.08. The largest absolute Gasteiger partial charge is 0.477 e. The van der Waals surface area contributed by atoms with E-state index >= 15 is 0 Å². The molecule has 1 aliphatic rings. The molecule has 0 aliphatic heterocycles. The highest BCUT2D eigenvalue weighted by Gasteiger charge is 2.26. The standard InChI is InChI=1S/C13H16N2O4/c1-19-10-3-2-9(7-10)15-12(16)8-4-5-14-11(6-8)13(17)18/h4-6,9-10H,2-3,7H2,1H3,(H,15,16)(H,17,18). The molecule has 1 saturated carbocycles. The molecule has 2 rings (SSSR count). The maximum atomic E-state index is 12.0. The molecule has 0 aromatic carbocycles. The molecule has 19 heavy (non-hydrogen) atoms. The van der Waals surface area contributed by atoms with Crippen molar-refractivity contribution in [3.05, 3.63) is 29.6 Å². The number of hydrogen-bond acceptors (Lipinski definition) is 4. The van der Waals surface area contributed by atoms with Gasteiger partial charge in [-0.05, 0) is 31.4 Å². The van der Waals surface area contributed by atoms with Gasteiger partial charge >= 0.3 is 5.97 Å². The van der Waals surface area contributed by atoms with Crippen LogP contribution >= 0.6 is 0 Å². The van der Waals surface area contributed by atoms with Crippen molar-refractivity contribution in [1.29, 1.82) is 0 Å². The van der Waals surface area contributed by atoms with Gasteiger partial charge in [0.15, 0.2) is 0 Å². The minimum atomic E-state index is -1.14. The van der Waals surface area contributed by atoms with Crippen LogP contribution in [0.25, 0.3) is 0 Å². The van der Waals surface area contributed by atoms with E-state index in [9.17, 15) is 9.59 Å². The molecule has 0 bridgehead atoms. The molecule has 0 saturated heterocycles. The maximum Gasteiger partial charge on any atom is 0.354 e. The first-order valence-electron chi connectivity index (χ1n) is 6.13. The van der Waals surface area contributed by atoms with Gasteiger partial charge in [-0.25, -0.2) is 9.78 Å². The Labute approximate surface area is 110 Å². The fourth-order valence-electron chi connectivity index (χ4n) is 2.24. The molecule has 1 fully saturated rings. The molecular formula is C13H16N2O4. The van der Waals surface area contributed by atoms with Gasteiger partial charge in [0.25, 0.3) is 5.91 Å². The highest BCUT2D eigenvalue weighted by Crippen LogP contribution is 2.21. The Bertz CT molecular complexity index is 489. The number of amides is 1. The van der Waals surface area contributed by atoms with E-state index in [1.165, 1.54) is 18.3 Å². The van der Waals surface area contributed by atoms with Crippen molar-refractivity contribution in [2.24, 2.45) is 0 Å². The number of hydrogen-bond donors (Lipinski definition) is 2. The van der Waals surface area contributed by atoms with E-state index in [0.717, 1.165) is 19.3 Å². The molecule has 1 aromatic heterocycles. The van der Waals surface area contributed by atoms with Crippen LogP contribution in [0.3, 0.4) is 0 Å². The van der Waals surface area contributed by atoms with Crippen LogP contribution in [0.5, 0.6) is 0 Å². The fraction of sp³-hybridized carbons (Fsp3) is 0.462. The lowest BCUT2D eigenvalue weighted by Crippen LogP contribution is -2.33. The number of carbonyl (C=O) groups is 2. The SMILES string of the molecule is COC1CCC(NC(=O)c2ccnc(C(=O)O)c2)C1. The van der Waals surface area contributed by atoms with Crippen molar-refractivity contribution >= 4 is 11.9 Å². The van der Waals surface area contributed by atoms with E-state index in [4.69, 9.17) is 9.84 Å². The quantitative estimate of drug-likeness (QED) is 0.849. The minimum absolute atomic E-state index is 0.0823. The molecule has 102 valence electrons. The molecule has 1 heterocycles. The second kappa shape index (κ2) is 5.79. The summed E-state index contributed by atoms with van der Waals surface area (Å²) in [6, 6.07) is 2.86. The third kappa shape index (κ3) is 3.29. The fourth-order valence-corrected chi connectivity index (χ4v) is 2.24. The Balaban J connectivity index is 2.00. The van der Waals surface area contributed by atoms with Gasteiger partial charge in [-0.1, -0.05) is 0 Å². The summed E-state index contributed by atoms with van der Waals surface area (Å²) in [6.07, 6.45) is 4.11. The zero-order valence-corrected chi connectivity index (χ0v) is 10.6. The lowest BCUT2D eigenvalue weighted by molar-refractivity contribution is 0.0690. The molecule has 1 aromatic rings. The van der Waals surface area contributed by atoms with E-state index in [1.807, 2.05) is 0 Å². The first kappa shape index (κ1) is 13.5. The Kier molecular flexibility index (Phi) is 4.11. The number of carbonyl (C=O) groups excluding carboxylic acids is 1. The molecule has 2 atom stereocenters. The van der Waals surface area contributed by atoms with Crippen molar-refractivity contribution < 1.29 is 19.4 Å². The van der Waals surface area contributed by atoms with E-state index in [1.54, 1.807) is 7.11 Å². The number of carboxylic acid groups (broad SMARTS) is 1. The van der Waals surface area contributed by atoms with Crippen LogP contribution in [0.15, 0.2) is 18.3 Å². The second-order valence-electron chi connectivity index (χ2n) is 4.58. The number of ether oxygens (including phenoxy) is 1. The van der Waals surface area contributed by atoms with Crippen LogP contribution < -0.4 is 5.32 Å². The minimum Gasteiger partial charge on any atom is -0.477 e. The van der Waals surface area contributed by atoms with Gasteiger partial charge in [0.1, 0.15) is 5.69 Å². The zero-order valence-electron chi connectivity index (χ0n) is 10.6. The number of pyridine rings is 1. The van der Waals surface area contributed by atoms with Crippen molar-refractivity contribution in [3.8, 4) is 0 Å². The molecule has 6 nitrogen and oxygen atoms in total. The molecule has 1 aliphatic carbocycles. The number of rotatable bonds is 4. The molecular weight excluding hydrogens is 248 g/mol. The van der Waals surface area contributed by atoms with Crippen LogP contribution in [0.4, 0.5) is 0 Å². The Morgan fingerprint density at radius 2 is 2.26 bits per heavy atom. The van der Waals surface area contributed by atoms with Gasteiger partial charge in [0.05, 0.1) is 6.10 Å². The zero-order chi connectivity index (χ0) is 13.8. The number of nitrogens with zero attached hydrogens (tertiary/aromatic N) is 1. The summed E-state index contributed by atoms with van der Waals surface area (Å²) in [7, 11) is 1.66. The van der Waals surface area contributed by atoms with Gasteiger partial charge in [-0.15, -0.1) is 0 Å². The second-order valence-corrected chi connectivity index (χ2v) is 4.58. The normalized spacial score (nSPS) is 22.2. The van der Waals surface area contributed by atoms with Crippen molar-refractivity contribution in [2.45, 2.75) is 31.4 Å². The van der Waals surface area contributed by atoms with Crippen LogP contribution in [0, 0.1) is 0 Å². The van der Waals surface area contributed by atoms with Gasteiger partial charge in [0.2, 0.25) is 0 Å². The summed E-state index contributed by atoms with van der Waals surface area (Å²) >= 11 is 0. The highest BCUT2D eigenvalue weighted by molar-refractivity contribution is 5.96.